The molecule has 120 valence electrons. The van der Waals surface area contributed by atoms with Gasteiger partial charge in [0.05, 0.1) is 21.3 Å². The maximum atomic E-state index is 12.1. The van der Waals surface area contributed by atoms with Gasteiger partial charge in [-0.3, -0.25) is 4.79 Å². The zero-order valence-corrected chi connectivity index (χ0v) is 14.0. The van der Waals surface area contributed by atoms with Crippen molar-refractivity contribution in [3.05, 3.63) is 34.1 Å². The molecule has 0 aliphatic heterocycles. The van der Waals surface area contributed by atoms with Gasteiger partial charge in [-0.2, -0.15) is 5.26 Å². The maximum absolute atomic E-state index is 12.1. The molecule has 6 nitrogen and oxygen atoms in total. The zero-order chi connectivity index (χ0) is 17.0. The number of pyridine rings is 1. The van der Waals surface area contributed by atoms with Gasteiger partial charge < -0.3 is 19.2 Å². The normalized spacial score (nSPS) is 10.0. The Morgan fingerprint density at radius 3 is 2.13 bits per heavy atom. The highest BCUT2D eigenvalue weighted by atomic mass is 32.2. The van der Waals surface area contributed by atoms with Gasteiger partial charge in [0, 0.05) is 16.2 Å². The van der Waals surface area contributed by atoms with E-state index < -0.39 is 5.56 Å². The molecule has 2 aromatic rings. The first kappa shape index (κ1) is 16.8. The van der Waals surface area contributed by atoms with Crippen molar-refractivity contribution >= 4 is 11.8 Å². The van der Waals surface area contributed by atoms with Crippen LogP contribution in [0, 0.1) is 11.3 Å². The molecule has 0 saturated heterocycles. The molecule has 0 spiro atoms. The number of nitrogens with one attached hydrogen (secondary N) is 1. The SMILES string of the molecule is COc1cc(-c2cc(SC)c(C#N)c(=O)[nH]2)cc(OC)c1OC. The minimum atomic E-state index is -0.428. The fourth-order valence-corrected chi connectivity index (χ4v) is 2.77. The van der Waals surface area contributed by atoms with E-state index in [0.717, 1.165) is 0 Å². The summed E-state index contributed by atoms with van der Waals surface area (Å²) in [5.74, 6) is 1.44. The molecular formula is C16H16N2O4S. The summed E-state index contributed by atoms with van der Waals surface area (Å²) in [7, 11) is 4.57. The van der Waals surface area contributed by atoms with Gasteiger partial charge in [0.15, 0.2) is 11.5 Å². The number of nitriles is 1. The number of methoxy groups -OCH3 is 3. The van der Waals surface area contributed by atoms with Crippen LogP contribution in [-0.4, -0.2) is 32.6 Å². The van der Waals surface area contributed by atoms with Gasteiger partial charge in [0.2, 0.25) is 5.75 Å². The van der Waals surface area contributed by atoms with Crippen molar-refractivity contribution in [3.8, 4) is 34.6 Å². The summed E-state index contributed by atoms with van der Waals surface area (Å²) in [6.07, 6.45) is 1.81. The Labute approximate surface area is 138 Å². The van der Waals surface area contributed by atoms with Gasteiger partial charge >= 0.3 is 0 Å². The maximum Gasteiger partial charge on any atom is 0.267 e. The molecule has 0 aliphatic rings. The van der Waals surface area contributed by atoms with Crippen LogP contribution in [0.2, 0.25) is 0 Å². The molecule has 0 bridgehead atoms. The van der Waals surface area contributed by atoms with Crippen LogP contribution in [0.3, 0.4) is 0 Å². The molecule has 0 amide bonds. The van der Waals surface area contributed by atoms with Crippen LogP contribution in [-0.2, 0) is 0 Å². The number of nitrogens with zero attached hydrogens (tertiary/aromatic N) is 1. The Morgan fingerprint density at radius 2 is 1.70 bits per heavy atom. The number of hydrogen-bond acceptors (Lipinski definition) is 6. The van der Waals surface area contributed by atoms with Gasteiger partial charge in [-0.15, -0.1) is 11.8 Å². The van der Waals surface area contributed by atoms with Crippen molar-refractivity contribution in [3.63, 3.8) is 0 Å². The second-order valence-electron chi connectivity index (χ2n) is 4.48. The standard InChI is InChI=1S/C16H16N2O4S/c1-20-12-5-9(6-13(21-2)15(12)22-3)11-7-14(23-4)10(8-17)16(19)18-11/h5-7H,1-4H3,(H,18,19). The average Bonchev–Trinajstić information content (AvgIpc) is 2.59. The molecule has 0 aliphatic carbocycles. The van der Waals surface area contributed by atoms with Crippen LogP contribution in [0.15, 0.2) is 27.9 Å². The minimum absolute atomic E-state index is 0.105. The van der Waals surface area contributed by atoms with Crippen molar-refractivity contribution in [2.75, 3.05) is 27.6 Å². The molecule has 0 saturated carbocycles. The third kappa shape index (κ3) is 3.12. The first-order chi connectivity index (χ1) is 11.1. The van der Waals surface area contributed by atoms with Crippen LogP contribution in [0.4, 0.5) is 0 Å². The first-order valence-corrected chi connectivity index (χ1v) is 7.83. The van der Waals surface area contributed by atoms with E-state index in [1.807, 2.05) is 12.3 Å². The lowest BCUT2D eigenvalue weighted by molar-refractivity contribution is 0.324. The van der Waals surface area contributed by atoms with Crippen molar-refractivity contribution in [2.24, 2.45) is 0 Å². The van der Waals surface area contributed by atoms with E-state index in [1.54, 1.807) is 18.2 Å². The first-order valence-electron chi connectivity index (χ1n) is 6.61. The van der Waals surface area contributed by atoms with Gasteiger partial charge in [0.25, 0.3) is 5.56 Å². The van der Waals surface area contributed by atoms with Crippen molar-refractivity contribution in [2.45, 2.75) is 4.90 Å². The predicted octanol–water partition coefficient (Wildman–Crippen LogP) is 2.66. The molecular weight excluding hydrogens is 316 g/mol. The largest absolute Gasteiger partial charge is 0.493 e. The summed E-state index contributed by atoms with van der Waals surface area (Å²) in [4.78, 5) is 15.4. The summed E-state index contributed by atoms with van der Waals surface area (Å²) < 4.78 is 15.9. The highest BCUT2D eigenvalue weighted by Gasteiger charge is 2.16. The molecule has 0 atom stereocenters. The lowest BCUT2D eigenvalue weighted by atomic mass is 10.1. The molecule has 0 radical (unpaired) electrons. The number of rotatable bonds is 5. The monoisotopic (exact) mass is 332 g/mol. The topological polar surface area (TPSA) is 84.3 Å². The Bertz CT molecular complexity index is 799. The molecule has 7 heteroatoms. The Kier molecular flexibility index (Phi) is 5.19. The number of thioether (sulfide) groups is 1. The number of aromatic nitrogens is 1. The van der Waals surface area contributed by atoms with Gasteiger partial charge in [0.1, 0.15) is 11.6 Å². The van der Waals surface area contributed by atoms with Crippen LogP contribution < -0.4 is 19.8 Å². The second kappa shape index (κ2) is 7.11. The van der Waals surface area contributed by atoms with E-state index in [2.05, 4.69) is 4.98 Å². The van der Waals surface area contributed by atoms with Gasteiger partial charge in [-0.05, 0) is 24.5 Å². The minimum Gasteiger partial charge on any atom is -0.493 e. The molecule has 23 heavy (non-hydrogen) atoms. The molecule has 1 aromatic carbocycles. The Balaban J connectivity index is 2.70. The van der Waals surface area contributed by atoms with E-state index in [-0.39, 0.29) is 5.56 Å². The van der Waals surface area contributed by atoms with Crippen molar-refractivity contribution in [1.29, 1.82) is 5.26 Å². The number of ether oxygens (including phenoxy) is 3. The molecule has 0 fully saturated rings. The molecule has 1 aromatic heterocycles. The van der Waals surface area contributed by atoms with Crippen molar-refractivity contribution in [1.82, 2.24) is 4.98 Å². The molecule has 2 rings (SSSR count). The number of H-pyrrole nitrogens is 1. The van der Waals surface area contributed by atoms with E-state index >= 15 is 0 Å². The zero-order valence-electron chi connectivity index (χ0n) is 13.2. The van der Waals surface area contributed by atoms with Crippen molar-refractivity contribution < 1.29 is 14.2 Å². The van der Waals surface area contributed by atoms with E-state index in [1.165, 1.54) is 33.1 Å². The fourth-order valence-electron chi connectivity index (χ4n) is 2.20. The fraction of sp³-hybridized carbons (Fsp3) is 0.250. The van der Waals surface area contributed by atoms with E-state index in [4.69, 9.17) is 19.5 Å². The second-order valence-corrected chi connectivity index (χ2v) is 5.33. The number of hydrogen-bond donors (Lipinski definition) is 1. The Morgan fingerprint density at radius 1 is 1.09 bits per heavy atom. The summed E-state index contributed by atoms with van der Waals surface area (Å²) in [6.45, 7) is 0. The third-order valence-corrected chi connectivity index (χ3v) is 4.07. The summed E-state index contributed by atoms with van der Waals surface area (Å²) in [5, 5.41) is 9.08. The highest BCUT2D eigenvalue weighted by molar-refractivity contribution is 7.98. The number of benzene rings is 1. The average molecular weight is 332 g/mol. The van der Waals surface area contributed by atoms with E-state index in [9.17, 15) is 4.79 Å². The van der Waals surface area contributed by atoms with Crippen LogP contribution >= 0.6 is 11.8 Å². The smallest absolute Gasteiger partial charge is 0.267 e. The molecule has 1 N–H and O–H groups in total. The lowest BCUT2D eigenvalue weighted by Gasteiger charge is -2.14. The quantitative estimate of drug-likeness (QED) is 0.847. The van der Waals surface area contributed by atoms with Gasteiger partial charge in [-0.1, -0.05) is 0 Å². The summed E-state index contributed by atoms with van der Waals surface area (Å²) >= 11 is 1.34. The van der Waals surface area contributed by atoms with E-state index in [0.29, 0.717) is 33.4 Å². The predicted molar refractivity (Wildman–Crippen MR) is 88.7 cm³/mol. The van der Waals surface area contributed by atoms with Gasteiger partial charge in [-0.25, -0.2) is 0 Å². The summed E-state index contributed by atoms with van der Waals surface area (Å²) in [6, 6.07) is 7.16. The lowest BCUT2D eigenvalue weighted by Crippen LogP contribution is -2.12. The highest BCUT2D eigenvalue weighted by Crippen LogP contribution is 2.41. The van der Waals surface area contributed by atoms with Crippen LogP contribution in [0.25, 0.3) is 11.3 Å². The molecule has 1 heterocycles. The molecule has 0 unspecified atom stereocenters. The van der Waals surface area contributed by atoms with Crippen LogP contribution in [0.1, 0.15) is 5.56 Å². The summed E-state index contributed by atoms with van der Waals surface area (Å²) in [5.41, 5.74) is 0.936. The third-order valence-electron chi connectivity index (χ3n) is 3.30. The number of aromatic amines is 1. The van der Waals surface area contributed by atoms with Crippen LogP contribution in [0.5, 0.6) is 17.2 Å². The Hall–Kier alpha value is -2.59.